The molecule has 0 radical (unpaired) electrons. The zero-order valence-electron chi connectivity index (χ0n) is 11.7. The number of carbonyl (C=O) groups is 1. The van der Waals surface area contributed by atoms with Crippen LogP contribution in [0.2, 0.25) is 0 Å². The first-order chi connectivity index (χ1) is 9.21. The van der Waals surface area contributed by atoms with Gasteiger partial charge in [-0.1, -0.05) is 6.58 Å². The van der Waals surface area contributed by atoms with Crippen molar-refractivity contribution in [3.8, 4) is 0 Å². The molecule has 18 heavy (non-hydrogen) atoms. The lowest BCUT2D eigenvalue weighted by Crippen LogP contribution is -2.51. The molecule has 0 aromatic heterocycles. The first-order valence-corrected chi connectivity index (χ1v) is 5.32. The number of rotatable bonds is 2. The fourth-order valence-electron chi connectivity index (χ4n) is 1.94. The molecule has 2 rings (SSSR count). The number of hydrogen-bond acceptors (Lipinski definition) is 5. The maximum absolute atomic E-state index is 14.6. The first-order valence-electron chi connectivity index (χ1n) is 6.32. The Morgan fingerprint density at radius 2 is 2.50 bits per heavy atom. The van der Waals surface area contributed by atoms with Crippen LogP contribution in [-0.2, 0) is 9.53 Å². The largest absolute Gasteiger partial charge is 0.394 e. The lowest BCUT2D eigenvalue weighted by Gasteiger charge is -2.35. The normalized spacial score (nSPS) is 42.9. The lowest BCUT2D eigenvalue weighted by atomic mass is 9.98. The topological polar surface area (TPSA) is 82.0 Å². The van der Waals surface area contributed by atoms with Gasteiger partial charge in [0.25, 0.3) is 5.91 Å². The number of nitrogens with zero attached hydrogens (tertiary/aromatic N) is 1. The Morgan fingerprint density at radius 1 is 1.83 bits per heavy atom. The highest BCUT2D eigenvalue weighted by atomic mass is 19.1. The zero-order valence-corrected chi connectivity index (χ0v) is 9.68. The van der Waals surface area contributed by atoms with Gasteiger partial charge in [0, 0.05) is 12.2 Å². The molecule has 1 saturated heterocycles. The van der Waals surface area contributed by atoms with Crippen LogP contribution in [0.25, 0.3) is 0 Å². The molecule has 0 saturated carbocycles. The van der Waals surface area contributed by atoms with Crippen molar-refractivity contribution >= 4 is 5.91 Å². The van der Waals surface area contributed by atoms with Gasteiger partial charge < -0.3 is 25.2 Å². The molecule has 1 unspecified atom stereocenters. The average Bonchev–Trinajstić information content (AvgIpc) is 2.60. The molecular formula is C11H15FN2O4. The highest BCUT2D eigenvalue weighted by Crippen LogP contribution is 2.37. The van der Waals surface area contributed by atoms with Gasteiger partial charge in [-0.05, 0) is 6.92 Å². The van der Waals surface area contributed by atoms with E-state index in [-0.39, 0.29) is 5.82 Å². The van der Waals surface area contributed by atoms with Crippen LogP contribution < -0.4 is 5.32 Å². The van der Waals surface area contributed by atoms with E-state index in [1.807, 2.05) is 0 Å². The summed E-state index contributed by atoms with van der Waals surface area (Å²) in [6, 6.07) is -0.668. The van der Waals surface area contributed by atoms with E-state index in [2.05, 4.69) is 11.9 Å². The van der Waals surface area contributed by atoms with E-state index in [9.17, 15) is 14.3 Å². The molecular weight excluding hydrogens is 243 g/mol. The molecule has 100 valence electrons. The average molecular weight is 260 g/mol. The van der Waals surface area contributed by atoms with Crippen molar-refractivity contribution in [2.24, 2.45) is 0 Å². The van der Waals surface area contributed by atoms with Crippen LogP contribution in [0, 0.1) is 0 Å². The predicted octanol–water partition coefficient (Wildman–Crippen LogP) is -0.791. The SMILES string of the molecule is [2H]C1=C([2H])N([C@@H]2O[C@H](CO)C(O)[C@]2(C)F)C(=C)NC1=O. The van der Waals surface area contributed by atoms with Gasteiger partial charge >= 0.3 is 0 Å². The smallest absolute Gasteiger partial charge is 0.250 e. The highest BCUT2D eigenvalue weighted by Gasteiger charge is 2.56. The minimum absolute atomic E-state index is 0.129. The molecule has 0 spiro atoms. The summed E-state index contributed by atoms with van der Waals surface area (Å²) in [5, 5.41) is 21.0. The molecule has 0 aromatic rings. The molecule has 0 aliphatic carbocycles. The summed E-state index contributed by atoms with van der Waals surface area (Å²) < 4.78 is 35.0. The van der Waals surface area contributed by atoms with Gasteiger partial charge in [0.05, 0.1) is 9.35 Å². The molecule has 0 bridgehead atoms. The van der Waals surface area contributed by atoms with Gasteiger partial charge in [-0.15, -0.1) is 0 Å². The minimum atomic E-state index is -2.31. The molecule has 6 nitrogen and oxygen atoms in total. The van der Waals surface area contributed by atoms with Crippen molar-refractivity contribution in [3.63, 3.8) is 0 Å². The van der Waals surface area contributed by atoms with Crippen molar-refractivity contribution in [1.29, 1.82) is 0 Å². The summed E-state index contributed by atoms with van der Waals surface area (Å²) in [7, 11) is 0. The number of hydrogen-bond donors (Lipinski definition) is 3. The number of amides is 1. The summed E-state index contributed by atoms with van der Waals surface area (Å²) >= 11 is 0. The van der Waals surface area contributed by atoms with Crippen molar-refractivity contribution in [1.82, 2.24) is 10.2 Å². The van der Waals surface area contributed by atoms with Crippen LogP contribution in [0.3, 0.4) is 0 Å². The Bertz CT molecular complexity index is 497. The molecule has 2 aliphatic heterocycles. The first kappa shape index (κ1) is 10.5. The number of alkyl halides is 1. The quantitative estimate of drug-likeness (QED) is 0.606. The fourth-order valence-corrected chi connectivity index (χ4v) is 1.94. The Labute approximate surface area is 106 Å². The second-order valence-electron chi connectivity index (χ2n) is 4.31. The van der Waals surface area contributed by atoms with Crippen LogP contribution in [-0.4, -0.2) is 51.7 Å². The number of halogens is 1. The van der Waals surface area contributed by atoms with E-state index in [0.717, 1.165) is 11.8 Å². The third-order valence-corrected chi connectivity index (χ3v) is 2.97. The number of aliphatic hydroxyl groups is 2. The standard InChI is InChI=1S/C11H15FN2O4/c1-6-13-8(16)3-4-14(6)10-11(2,12)9(17)7(5-15)18-10/h3-4,7,9-10,15,17H,1,5H2,2H3,(H,13,16)/t7-,9?,10-,11+/m1/s1/i3D,4D. The molecule has 0 aromatic carbocycles. The van der Waals surface area contributed by atoms with Gasteiger partial charge in [-0.25, -0.2) is 4.39 Å². The molecule has 4 atom stereocenters. The number of aliphatic hydroxyl groups excluding tert-OH is 2. The third kappa shape index (κ3) is 1.90. The van der Waals surface area contributed by atoms with Crippen molar-refractivity contribution in [2.45, 2.75) is 31.0 Å². The van der Waals surface area contributed by atoms with Crippen LogP contribution in [0.4, 0.5) is 4.39 Å². The molecule has 1 amide bonds. The van der Waals surface area contributed by atoms with E-state index < -0.39 is 48.8 Å². The maximum Gasteiger partial charge on any atom is 0.250 e. The molecule has 2 heterocycles. The van der Waals surface area contributed by atoms with Crippen molar-refractivity contribution < 1.29 is 26.9 Å². The monoisotopic (exact) mass is 260 g/mol. The Kier molecular flexibility index (Phi) is 2.53. The van der Waals surface area contributed by atoms with Crippen LogP contribution in [0.15, 0.2) is 24.6 Å². The van der Waals surface area contributed by atoms with E-state index in [1.54, 1.807) is 0 Å². The van der Waals surface area contributed by atoms with E-state index >= 15 is 0 Å². The third-order valence-electron chi connectivity index (χ3n) is 2.97. The summed E-state index contributed by atoms with van der Waals surface area (Å²) in [4.78, 5) is 12.2. The molecule has 2 aliphatic rings. The van der Waals surface area contributed by atoms with E-state index in [1.165, 1.54) is 0 Å². The minimum Gasteiger partial charge on any atom is -0.394 e. The number of carbonyl (C=O) groups excluding carboxylic acids is 1. The van der Waals surface area contributed by atoms with Crippen molar-refractivity contribution in [2.75, 3.05) is 6.61 Å². The number of nitrogens with one attached hydrogen (secondary N) is 1. The zero-order chi connectivity index (χ0) is 15.2. The summed E-state index contributed by atoms with van der Waals surface area (Å²) in [5.41, 5.74) is -2.31. The van der Waals surface area contributed by atoms with Crippen LogP contribution >= 0.6 is 0 Å². The Morgan fingerprint density at radius 3 is 3.06 bits per heavy atom. The summed E-state index contributed by atoms with van der Waals surface area (Å²) in [6.07, 6.45) is -4.83. The second-order valence-corrected chi connectivity index (χ2v) is 4.31. The fraction of sp³-hybridized carbons (Fsp3) is 0.545. The molecule has 1 fully saturated rings. The van der Waals surface area contributed by atoms with Gasteiger partial charge in [0.1, 0.15) is 18.0 Å². The predicted molar refractivity (Wildman–Crippen MR) is 59.5 cm³/mol. The van der Waals surface area contributed by atoms with Gasteiger partial charge in [0.2, 0.25) is 0 Å². The van der Waals surface area contributed by atoms with Crippen molar-refractivity contribution in [3.05, 3.63) is 24.6 Å². The Hall–Kier alpha value is -1.44. The van der Waals surface area contributed by atoms with E-state index in [4.69, 9.17) is 12.6 Å². The Balaban J connectivity index is 2.40. The van der Waals surface area contributed by atoms with Gasteiger partial charge in [-0.3, -0.25) is 4.79 Å². The summed E-state index contributed by atoms with van der Waals surface area (Å²) in [5.74, 6) is -0.954. The maximum atomic E-state index is 14.6. The van der Waals surface area contributed by atoms with Gasteiger partial charge in [0.15, 0.2) is 11.9 Å². The number of ether oxygens (including phenoxy) is 1. The van der Waals surface area contributed by atoms with E-state index in [0.29, 0.717) is 0 Å². The highest BCUT2D eigenvalue weighted by molar-refractivity contribution is 5.89. The second kappa shape index (κ2) is 4.34. The molecule has 3 N–H and O–H groups in total. The van der Waals surface area contributed by atoms with Crippen LogP contribution in [0.5, 0.6) is 0 Å². The summed E-state index contributed by atoms with van der Waals surface area (Å²) in [6.45, 7) is 3.93. The lowest BCUT2D eigenvalue weighted by molar-refractivity contribution is -0.119. The van der Waals surface area contributed by atoms with Crippen LogP contribution in [0.1, 0.15) is 9.67 Å². The van der Waals surface area contributed by atoms with Gasteiger partial charge in [-0.2, -0.15) is 0 Å². The molecule has 7 heteroatoms.